The van der Waals surface area contributed by atoms with Crippen molar-refractivity contribution in [2.45, 2.75) is 64.0 Å². The number of likely N-dealkylation sites (tertiary alicyclic amines) is 1. The molecule has 3 rings (SSSR count). The number of nitrogens with zero attached hydrogens (tertiary/aromatic N) is 3. The first-order chi connectivity index (χ1) is 13.0. The van der Waals surface area contributed by atoms with Crippen LogP contribution in [-0.4, -0.2) is 56.7 Å². The summed E-state index contributed by atoms with van der Waals surface area (Å²) in [7, 11) is 0. The van der Waals surface area contributed by atoms with E-state index in [-0.39, 0.29) is 36.7 Å². The van der Waals surface area contributed by atoms with E-state index in [1.807, 2.05) is 0 Å². The minimum atomic E-state index is -0.785. The molecule has 0 spiro atoms. The molecule has 0 unspecified atom stereocenters. The van der Waals surface area contributed by atoms with Crippen LogP contribution in [0.3, 0.4) is 0 Å². The summed E-state index contributed by atoms with van der Waals surface area (Å²) < 4.78 is 1.50. The van der Waals surface area contributed by atoms with E-state index in [4.69, 9.17) is 5.11 Å². The highest BCUT2D eigenvalue weighted by molar-refractivity contribution is 5.93. The van der Waals surface area contributed by atoms with Gasteiger partial charge in [0.05, 0.1) is 11.8 Å². The van der Waals surface area contributed by atoms with Crippen molar-refractivity contribution in [1.29, 1.82) is 0 Å². The number of rotatable bonds is 6. The van der Waals surface area contributed by atoms with Gasteiger partial charge in [-0.3, -0.25) is 19.1 Å². The van der Waals surface area contributed by atoms with Crippen LogP contribution in [0.15, 0.2) is 12.4 Å². The summed E-state index contributed by atoms with van der Waals surface area (Å²) in [6, 6.07) is 0.259. The quantitative estimate of drug-likeness (QED) is 0.786. The van der Waals surface area contributed by atoms with Crippen LogP contribution in [0.25, 0.3) is 0 Å². The highest BCUT2D eigenvalue weighted by Crippen LogP contribution is 2.22. The zero-order valence-corrected chi connectivity index (χ0v) is 15.6. The Hall–Kier alpha value is -2.38. The van der Waals surface area contributed by atoms with E-state index in [2.05, 4.69) is 10.4 Å². The number of carbonyl (C=O) groups excluding carboxylic acids is 2. The van der Waals surface area contributed by atoms with Crippen molar-refractivity contribution in [3.05, 3.63) is 18.0 Å². The lowest BCUT2D eigenvalue weighted by molar-refractivity contribution is -0.138. The number of amides is 2. The van der Waals surface area contributed by atoms with E-state index in [0.717, 1.165) is 25.7 Å². The van der Waals surface area contributed by atoms with Crippen LogP contribution in [0.2, 0.25) is 0 Å². The highest BCUT2D eigenvalue weighted by atomic mass is 16.4. The molecule has 2 amide bonds. The lowest BCUT2D eigenvalue weighted by Crippen LogP contribution is -2.39. The number of hydrogen-bond donors (Lipinski definition) is 2. The molecule has 148 valence electrons. The van der Waals surface area contributed by atoms with Crippen LogP contribution in [0.1, 0.15) is 61.7 Å². The van der Waals surface area contributed by atoms with Gasteiger partial charge in [0.2, 0.25) is 5.91 Å². The maximum absolute atomic E-state index is 12.6. The van der Waals surface area contributed by atoms with Crippen LogP contribution < -0.4 is 5.32 Å². The normalized spacial score (nSPS) is 19.0. The van der Waals surface area contributed by atoms with Gasteiger partial charge in [0.1, 0.15) is 6.54 Å². The van der Waals surface area contributed by atoms with Gasteiger partial charge in [-0.15, -0.1) is 0 Å². The van der Waals surface area contributed by atoms with E-state index in [0.29, 0.717) is 31.5 Å². The molecular weight excluding hydrogens is 348 g/mol. The van der Waals surface area contributed by atoms with Gasteiger partial charge in [0.15, 0.2) is 0 Å². The van der Waals surface area contributed by atoms with E-state index < -0.39 is 5.97 Å². The Bertz CT molecular complexity index is 673. The van der Waals surface area contributed by atoms with Crippen molar-refractivity contribution in [1.82, 2.24) is 20.0 Å². The Balaban J connectivity index is 1.47. The number of piperidine rings is 1. The number of carboxylic acid groups (broad SMARTS) is 1. The van der Waals surface area contributed by atoms with E-state index >= 15 is 0 Å². The zero-order chi connectivity index (χ0) is 19.2. The first-order valence-corrected chi connectivity index (χ1v) is 9.84. The Morgan fingerprint density at radius 1 is 1.11 bits per heavy atom. The van der Waals surface area contributed by atoms with Gasteiger partial charge in [-0.1, -0.05) is 19.3 Å². The molecule has 1 aliphatic carbocycles. The summed E-state index contributed by atoms with van der Waals surface area (Å²) in [6.45, 7) is 1.23. The van der Waals surface area contributed by atoms with Gasteiger partial charge in [0, 0.05) is 31.7 Å². The Labute approximate surface area is 158 Å². The number of carbonyl (C=O) groups is 3. The molecule has 1 aromatic heterocycles. The molecule has 0 aromatic carbocycles. The smallest absolute Gasteiger partial charge is 0.303 e. The third-order valence-electron chi connectivity index (χ3n) is 5.52. The summed E-state index contributed by atoms with van der Waals surface area (Å²) in [5.74, 6) is -0.827. The third kappa shape index (κ3) is 5.55. The maximum atomic E-state index is 12.6. The molecule has 2 N–H and O–H groups in total. The topological polar surface area (TPSA) is 105 Å². The predicted molar refractivity (Wildman–Crippen MR) is 98.1 cm³/mol. The molecule has 1 saturated heterocycles. The molecule has 8 nitrogen and oxygen atoms in total. The number of nitrogens with one attached hydrogen (secondary N) is 1. The molecule has 1 aliphatic heterocycles. The molecule has 0 bridgehead atoms. The first kappa shape index (κ1) is 19.4. The molecule has 2 fully saturated rings. The van der Waals surface area contributed by atoms with Gasteiger partial charge in [0.25, 0.3) is 5.91 Å². The Morgan fingerprint density at radius 2 is 1.81 bits per heavy atom. The largest absolute Gasteiger partial charge is 0.481 e. The van der Waals surface area contributed by atoms with Gasteiger partial charge in [-0.25, -0.2) is 0 Å². The average molecular weight is 376 g/mol. The van der Waals surface area contributed by atoms with Gasteiger partial charge >= 0.3 is 5.97 Å². The van der Waals surface area contributed by atoms with Gasteiger partial charge in [-0.2, -0.15) is 5.10 Å². The molecule has 1 aromatic rings. The van der Waals surface area contributed by atoms with Crippen molar-refractivity contribution in [3.63, 3.8) is 0 Å². The van der Waals surface area contributed by atoms with Crippen LogP contribution in [-0.2, 0) is 16.1 Å². The summed E-state index contributed by atoms with van der Waals surface area (Å²) in [4.78, 5) is 37.3. The molecular formula is C19H28N4O4. The number of aliphatic carboxylic acids is 1. The van der Waals surface area contributed by atoms with Gasteiger partial charge in [-0.05, 0) is 31.6 Å². The zero-order valence-electron chi connectivity index (χ0n) is 15.6. The number of aromatic nitrogens is 2. The lowest BCUT2D eigenvalue weighted by atomic mass is 9.93. The summed E-state index contributed by atoms with van der Waals surface area (Å²) >= 11 is 0. The molecule has 27 heavy (non-hydrogen) atoms. The fourth-order valence-corrected chi connectivity index (χ4v) is 4.00. The van der Waals surface area contributed by atoms with Crippen LogP contribution >= 0.6 is 0 Å². The second-order valence-corrected chi connectivity index (χ2v) is 7.66. The van der Waals surface area contributed by atoms with Gasteiger partial charge < -0.3 is 15.3 Å². The Kier molecular flexibility index (Phi) is 6.47. The fourth-order valence-electron chi connectivity index (χ4n) is 4.00. The summed E-state index contributed by atoms with van der Waals surface area (Å²) in [6.07, 6.45) is 10.3. The standard InChI is InChI=1S/C19H28N4O4/c24-17(21-16-4-2-1-3-5-16)13-23-12-15(11-20-23)19(27)22-8-6-14(7-9-22)10-18(25)26/h11-12,14,16H,1-10,13H2,(H,21,24)(H,25,26). The second-order valence-electron chi connectivity index (χ2n) is 7.66. The third-order valence-corrected chi connectivity index (χ3v) is 5.52. The molecule has 2 heterocycles. The monoisotopic (exact) mass is 376 g/mol. The fraction of sp³-hybridized carbons (Fsp3) is 0.684. The minimum absolute atomic E-state index is 0.0708. The first-order valence-electron chi connectivity index (χ1n) is 9.84. The van der Waals surface area contributed by atoms with Crippen molar-refractivity contribution in [2.24, 2.45) is 5.92 Å². The summed E-state index contributed by atoms with van der Waals surface area (Å²) in [5, 5.41) is 16.1. The minimum Gasteiger partial charge on any atom is -0.481 e. The van der Waals surface area contributed by atoms with Crippen LogP contribution in [0.4, 0.5) is 0 Å². The Morgan fingerprint density at radius 3 is 2.48 bits per heavy atom. The van der Waals surface area contributed by atoms with Crippen molar-refractivity contribution >= 4 is 17.8 Å². The molecule has 0 radical (unpaired) electrons. The lowest BCUT2D eigenvalue weighted by Gasteiger charge is -2.31. The van der Waals surface area contributed by atoms with Crippen molar-refractivity contribution < 1.29 is 19.5 Å². The molecule has 1 saturated carbocycles. The second kappa shape index (κ2) is 9.01. The molecule has 0 atom stereocenters. The maximum Gasteiger partial charge on any atom is 0.303 e. The van der Waals surface area contributed by atoms with Crippen LogP contribution in [0.5, 0.6) is 0 Å². The van der Waals surface area contributed by atoms with E-state index in [1.165, 1.54) is 17.3 Å². The summed E-state index contributed by atoms with van der Waals surface area (Å²) in [5.41, 5.74) is 0.470. The highest BCUT2D eigenvalue weighted by Gasteiger charge is 2.26. The average Bonchev–Trinajstić information content (AvgIpc) is 3.10. The number of carboxylic acids is 1. The molecule has 2 aliphatic rings. The SMILES string of the molecule is O=C(O)CC1CCN(C(=O)c2cnn(CC(=O)NC3CCCCC3)c2)CC1. The van der Waals surface area contributed by atoms with E-state index in [9.17, 15) is 14.4 Å². The number of hydrogen-bond acceptors (Lipinski definition) is 4. The van der Waals surface area contributed by atoms with Crippen molar-refractivity contribution in [2.75, 3.05) is 13.1 Å². The van der Waals surface area contributed by atoms with Crippen LogP contribution in [0, 0.1) is 5.92 Å². The van der Waals surface area contributed by atoms with E-state index in [1.54, 1.807) is 11.1 Å². The molecule has 8 heteroatoms. The predicted octanol–water partition coefficient (Wildman–Crippen LogP) is 1.66. The van der Waals surface area contributed by atoms with Crippen molar-refractivity contribution in [3.8, 4) is 0 Å².